The number of aldehydes is 1. The van der Waals surface area contributed by atoms with E-state index < -0.39 is 72.8 Å². The first-order chi connectivity index (χ1) is 26.4. The van der Waals surface area contributed by atoms with Crippen molar-refractivity contribution in [2.75, 3.05) is 0 Å². The summed E-state index contributed by atoms with van der Waals surface area (Å²) in [5.41, 5.74) is -0.258. The molecule has 7 rings (SSSR count). The summed E-state index contributed by atoms with van der Waals surface area (Å²) in [7, 11) is 0. The van der Waals surface area contributed by atoms with Crippen LogP contribution in [0.1, 0.15) is 78.3 Å². The lowest BCUT2D eigenvalue weighted by molar-refractivity contribution is -0.268. The second-order valence-electron chi connectivity index (χ2n) is 13.5. The number of aromatic hydroxyl groups is 1. The maximum atomic E-state index is 14.9. The fraction of sp³-hybridized carbons (Fsp3) is 0.238. The molecule has 1 fully saturated rings. The summed E-state index contributed by atoms with van der Waals surface area (Å²) >= 11 is 0. The van der Waals surface area contributed by atoms with E-state index in [0.29, 0.717) is 17.4 Å². The molecule has 13 nitrogen and oxygen atoms in total. The highest BCUT2D eigenvalue weighted by Crippen LogP contribution is 2.47. The van der Waals surface area contributed by atoms with E-state index in [1.807, 2.05) is 24.3 Å². The van der Waals surface area contributed by atoms with Gasteiger partial charge in [-0.25, -0.2) is 0 Å². The number of phenols is 1. The molecule has 6 N–H and O–H groups in total. The summed E-state index contributed by atoms with van der Waals surface area (Å²) in [6.45, 7) is 1.37. The summed E-state index contributed by atoms with van der Waals surface area (Å²) in [5, 5.41) is 65.8. The van der Waals surface area contributed by atoms with Gasteiger partial charge in [0, 0.05) is 46.7 Å². The summed E-state index contributed by atoms with van der Waals surface area (Å²) in [6.07, 6.45) is -7.44. The molecule has 0 saturated carbocycles. The zero-order valence-corrected chi connectivity index (χ0v) is 29.6. The lowest BCUT2D eigenvalue weighted by Crippen LogP contribution is -2.58. The highest BCUT2D eigenvalue weighted by molar-refractivity contribution is 6.32. The van der Waals surface area contributed by atoms with Gasteiger partial charge in [-0.05, 0) is 58.1 Å². The molecule has 0 spiro atoms. The van der Waals surface area contributed by atoms with Crippen LogP contribution in [0.5, 0.6) is 17.2 Å². The minimum atomic E-state index is -1.81. The molecule has 0 bridgehead atoms. The Morgan fingerprint density at radius 1 is 0.764 bits per heavy atom. The Bertz CT molecular complexity index is 2400. The number of hydrogen-bond donors (Lipinski definition) is 6. The molecular formula is C42H36O13. The molecule has 282 valence electrons. The number of aliphatic hydroxyl groups excluding tert-OH is 5. The molecule has 0 amide bonds. The highest BCUT2D eigenvalue weighted by Gasteiger charge is 2.45. The fourth-order valence-corrected chi connectivity index (χ4v) is 7.36. The number of esters is 1. The second-order valence-corrected chi connectivity index (χ2v) is 13.5. The van der Waals surface area contributed by atoms with Crippen molar-refractivity contribution in [1.29, 1.82) is 0 Å². The Morgan fingerprint density at radius 2 is 1.47 bits per heavy atom. The van der Waals surface area contributed by atoms with Gasteiger partial charge >= 0.3 is 5.97 Å². The van der Waals surface area contributed by atoms with Crippen LogP contribution in [0.25, 0.3) is 21.9 Å². The molecule has 55 heavy (non-hydrogen) atoms. The number of ether oxygens (including phenoxy) is 3. The van der Waals surface area contributed by atoms with E-state index >= 15 is 0 Å². The van der Waals surface area contributed by atoms with Crippen LogP contribution in [0.4, 0.5) is 0 Å². The van der Waals surface area contributed by atoms with Crippen LogP contribution in [0.15, 0.2) is 72.8 Å². The van der Waals surface area contributed by atoms with Gasteiger partial charge in [0.2, 0.25) is 6.29 Å². The Balaban J connectivity index is 1.48. The summed E-state index contributed by atoms with van der Waals surface area (Å²) in [6, 6.07) is 19.8. The van der Waals surface area contributed by atoms with Gasteiger partial charge in [0.15, 0.2) is 17.9 Å². The summed E-state index contributed by atoms with van der Waals surface area (Å²) in [5.74, 6) is -3.49. The van der Waals surface area contributed by atoms with Crippen LogP contribution in [0.2, 0.25) is 0 Å². The van der Waals surface area contributed by atoms with Gasteiger partial charge in [0.1, 0.15) is 35.6 Å². The maximum absolute atomic E-state index is 14.9. The van der Waals surface area contributed by atoms with Gasteiger partial charge in [0.05, 0.1) is 24.9 Å². The second kappa shape index (κ2) is 14.8. The number of fused-ring (bicyclic) bond motifs is 3. The van der Waals surface area contributed by atoms with Crippen molar-refractivity contribution < 1.29 is 64.0 Å². The normalized spacial score (nSPS) is 20.5. The van der Waals surface area contributed by atoms with Crippen LogP contribution in [-0.4, -0.2) is 85.2 Å². The predicted molar refractivity (Wildman–Crippen MR) is 195 cm³/mol. The van der Waals surface area contributed by atoms with Crippen molar-refractivity contribution in [2.24, 2.45) is 0 Å². The number of rotatable bonds is 9. The predicted octanol–water partition coefficient (Wildman–Crippen LogP) is 3.51. The van der Waals surface area contributed by atoms with Gasteiger partial charge in [0.25, 0.3) is 0 Å². The van der Waals surface area contributed by atoms with E-state index in [0.717, 1.165) is 10.8 Å². The zero-order valence-electron chi connectivity index (χ0n) is 29.6. The lowest BCUT2D eigenvalue weighted by Gasteiger charge is -2.39. The molecule has 1 heterocycles. The van der Waals surface area contributed by atoms with Crippen molar-refractivity contribution in [3.63, 3.8) is 0 Å². The van der Waals surface area contributed by atoms with Crippen LogP contribution in [0, 0.1) is 0 Å². The van der Waals surface area contributed by atoms with E-state index in [4.69, 9.17) is 14.2 Å². The molecule has 0 radical (unpaired) electrons. The number of hydrogen-bond acceptors (Lipinski definition) is 13. The molecular weight excluding hydrogens is 712 g/mol. The van der Waals surface area contributed by atoms with E-state index in [2.05, 4.69) is 0 Å². The van der Waals surface area contributed by atoms with Crippen molar-refractivity contribution in [1.82, 2.24) is 0 Å². The number of carbonyl (C=O) groups is 4. The molecule has 5 aromatic rings. The van der Waals surface area contributed by atoms with Gasteiger partial charge in [-0.3, -0.25) is 19.2 Å². The molecule has 1 saturated heterocycles. The standard InChI is InChI=1S/C42H36O13/c1-19-36(47)40(51)41(52)42(53-19)55-30-15-28-34(37(48)27(30)13-23-8-5-9-25(16-43)29(23)18-45)39(50)33-26(17-44)14-31(54-20(2)46)32(35(33)38(28)49)24-11-10-21-6-3-4-7-22(21)12-24/h3-12,14-15,18-19,36,40-44,47-48,51-52H,13,16-17H2,1-2H3. The van der Waals surface area contributed by atoms with E-state index in [1.165, 1.54) is 32.0 Å². The molecule has 5 atom stereocenters. The first kappa shape index (κ1) is 37.5. The average molecular weight is 749 g/mol. The minimum absolute atomic E-state index is 0.0554. The SMILES string of the molecule is CC(=O)Oc1cc(CO)c2c(c1-c1ccc3ccccc3c1)C(=O)c1cc(OC3OC(C)C(O)C(O)C3O)c(Cc3cccc(CO)c3C=O)c(O)c1C2=O. The van der Waals surface area contributed by atoms with Gasteiger partial charge < -0.3 is 44.8 Å². The van der Waals surface area contributed by atoms with Crippen LogP contribution in [0.3, 0.4) is 0 Å². The highest BCUT2D eigenvalue weighted by atomic mass is 16.7. The first-order valence-electron chi connectivity index (χ1n) is 17.4. The zero-order chi connectivity index (χ0) is 39.3. The van der Waals surface area contributed by atoms with Crippen molar-refractivity contribution in [2.45, 2.75) is 64.2 Å². The van der Waals surface area contributed by atoms with Crippen LogP contribution < -0.4 is 9.47 Å². The number of aliphatic hydroxyl groups is 5. The topological polar surface area (TPSA) is 217 Å². The van der Waals surface area contributed by atoms with E-state index in [9.17, 15) is 49.8 Å². The molecule has 1 aliphatic heterocycles. The third kappa shape index (κ3) is 6.46. The maximum Gasteiger partial charge on any atom is 0.308 e. The van der Waals surface area contributed by atoms with Crippen molar-refractivity contribution in [3.05, 3.63) is 123 Å². The quantitative estimate of drug-likeness (QED) is 0.0710. The van der Waals surface area contributed by atoms with Crippen molar-refractivity contribution >= 4 is 34.6 Å². The van der Waals surface area contributed by atoms with Gasteiger partial charge in [-0.2, -0.15) is 0 Å². The van der Waals surface area contributed by atoms with E-state index in [-0.39, 0.29) is 62.4 Å². The molecule has 1 aliphatic carbocycles. The number of benzene rings is 5. The third-order valence-corrected chi connectivity index (χ3v) is 10.1. The fourth-order valence-electron chi connectivity index (χ4n) is 7.36. The minimum Gasteiger partial charge on any atom is -0.507 e. The van der Waals surface area contributed by atoms with Crippen LogP contribution in [-0.2, 0) is 29.2 Å². The molecule has 5 aromatic carbocycles. The Morgan fingerprint density at radius 3 is 2.16 bits per heavy atom. The van der Waals surface area contributed by atoms with Crippen LogP contribution >= 0.6 is 0 Å². The average Bonchev–Trinajstić information content (AvgIpc) is 3.18. The Hall–Kier alpha value is -5.80. The Kier molecular flexibility index (Phi) is 10.1. The van der Waals surface area contributed by atoms with E-state index in [1.54, 1.807) is 30.3 Å². The number of phenolic OH excluding ortho intramolecular Hbond substituents is 1. The Labute approximate surface area is 313 Å². The summed E-state index contributed by atoms with van der Waals surface area (Å²) in [4.78, 5) is 54.2. The first-order valence-corrected chi connectivity index (χ1v) is 17.4. The monoisotopic (exact) mass is 748 g/mol. The molecule has 13 heteroatoms. The summed E-state index contributed by atoms with van der Waals surface area (Å²) < 4.78 is 17.3. The lowest BCUT2D eigenvalue weighted by atomic mass is 9.76. The largest absolute Gasteiger partial charge is 0.507 e. The van der Waals surface area contributed by atoms with Crippen molar-refractivity contribution in [3.8, 4) is 28.4 Å². The number of carbonyl (C=O) groups excluding carboxylic acids is 4. The molecule has 2 aliphatic rings. The molecule has 5 unspecified atom stereocenters. The number of ketones is 2. The van der Waals surface area contributed by atoms with Gasteiger partial charge in [-0.1, -0.05) is 54.6 Å². The molecule has 0 aromatic heterocycles. The smallest absolute Gasteiger partial charge is 0.308 e. The third-order valence-electron chi connectivity index (χ3n) is 10.1. The van der Waals surface area contributed by atoms with Gasteiger partial charge in [-0.15, -0.1) is 0 Å².